The summed E-state index contributed by atoms with van der Waals surface area (Å²) >= 11 is 3.19. The second kappa shape index (κ2) is 6.36. The lowest BCUT2D eigenvalue weighted by atomic mass is 10.1. The van der Waals surface area contributed by atoms with Gasteiger partial charge in [-0.2, -0.15) is 5.10 Å². The van der Waals surface area contributed by atoms with Crippen molar-refractivity contribution >= 4 is 49.2 Å². The van der Waals surface area contributed by atoms with Crippen molar-refractivity contribution in [1.29, 1.82) is 0 Å². The number of para-hydroxylation sites is 1. The Bertz CT molecular complexity index is 1180. The van der Waals surface area contributed by atoms with Crippen molar-refractivity contribution in [2.75, 3.05) is 5.43 Å². The predicted molar refractivity (Wildman–Crippen MR) is 109 cm³/mol. The summed E-state index contributed by atoms with van der Waals surface area (Å²) in [6.07, 6.45) is 3.82. The van der Waals surface area contributed by atoms with Gasteiger partial charge in [-0.3, -0.25) is 9.83 Å². The highest BCUT2D eigenvalue weighted by Gasteiger charge is 2.13. The van der Waals surface area contributed by atoms with Crippen molar-refractivity contribution in [2.24, 2.45) is 5.10 Å². The molecule has 0 aliphatic carbocycles. The molecule has 0 fully saturated rings. The molecule has 0 bridgehead atoms. The van der Waals surface area contributed by atoms with Gasteiger partial charge in [-0.1, -0.05) is 53.8 Å². The van der Waals surface area contributed by atoms with E-state index in [9.17, 15) is 0 Å². The Balaban J connectivity index is 1.50. The molecule has 0 unspecified atom stereocenters. The van der Waals surface area contributed by atoms with Crippen molar-refractivity contribution in [3.8, 4) is 11.3 Å². The second-order valence-corrected chi connectivity index (χ2v) is 7.53. The molecule has 0 atom stereocenters. The highest BCUT2D eigenvalue weighted by Crippen LogP contribution is 2.27. The fourth-order valence-corrected chi connectivity index (χ4v) is 4.34. The van der Waals surface area contributed by atoms with Crippen molar-refractivity contribution in [3.63, 3.8) is 0 Å². The maximum atomic E-state index is 4.75. The number of nitrogens with one attached hydrogen (secondary N) is 1. The van der Waals surface area contributed by atoms with Crippen molar-refractivity contribution in [1.82, 2.24) is 14.4 Å². The average molecular weight is 375 g/mol. The molecular formula is C19H13N5S2. The first kappa shape index (κ1) is 15.2. The maximum Gasteiger partial charge on any atom is 0.204 e. The third-order valence-electron chi connectivity index (χ3n) is 3.99. The summed E-state index contributed by atoms with van der Waals surface area (Å²) in [4.78, 5) is 10.2. The molecule has 5 rings (SSSR count). The smallest absolute Gasteiger partial charge is 0.204 e. The van der Waals surface area contributed by atoms with Gasteiger partial charge in [-0.15, -0.1) is 11.3 Å². The van der Waals surface area contributed by atoms with Crippen LogP contribution in [0.15, 0.2) is 71.3 Å². The summed E-state index contributed by atoms with van der Waals surface area (Å²) in [5.41, 5.74) is 6.97. The third kappa shape index (κ3) is 2.67. The van der Waals surface area contributed by atoms with Crippen LogP contribution in [0.4, 0.5) is 5.13 Å². The quantitative estimate of drug-likeness (QED) is 0.350. The van der Waals surface area contributed by atoms with Crippen molar-refractivity contribution < 1.29 is 0 Å². The molecule has 26 heavy (non-hydrogen) atoms. The van der Waals surface area contributed by atoms with Gasteiger partial charge >= 0.3 is 0 Å². The Morgan fingerprint density at radius 1 is 1.00 bits per heavy atom. The summed E-state index contributed by atoms with van der Waals surface area (Å²) in [7, 11) is 0. The van der Waals surface area contributed by atoms with Crippen molar-refractivity contribution in [3.05, 3.63) is 71.9 Å². The standard InChI is InChI=1S/C19H13N5S2/c1-2-6-13(7-3-1)17-15(24-10-11-25-19(24)22-17)12-20-23-18-21-14-8-4-5-9-16(14)26-18/h1-12H,(H,21,23)/b20-12+. The first-order valence-electron chi connectivity index (χ1n) is 8.04. The summed E-state index contributed by atoms with van der Waals surface area (Å²) in [6, 6.07) is 18.2. The molecular weight excluding hydrogens is 362 g/mol. The fourth-order valence-electron chi connectivity index (χ4n) is 2.80. The minimum atomic E-state index is 0.773. The number of nitrogens with zero attached hydrogens (tertiary/aromatic N) is 4. The summed E-state index contributed by atoms with van der Waals surface area (Å²) in [5.74, 6) is 0. The molecule has 0 aliphatic heterocycles. The van der Waals surface area contributed by atoms with Gasteiger partial charge in [-0.25, -0.2) is 9.97 Å². The lowest BCUT2D eigenvalue weighted by molar-refractivity contribution is 1.21. The van der Waals surface area contributed by atoms with Gasteiger partial charge in [0.1, 0.15) is 0 Å². The van der Waals surface area contributed by atoms with Gasteiger partial charge in [0.2, 0.25) is 5.13 Å². The normalized spacial score (nSPS) is 11.7. The zero-order valence-corrected chi connectivity index (χ0v) is 15.2. The zero-order chi connectivity index (χ0) is 17.3. The Hall–Kier alpha value is -3.03. The Labute approximate surface area is 157 Å². The highest BCUT2D eigenvalue weighted by molar-refractivity contribution is 7.22. The first-order valence-corrected chi connectivity index (χ1v) is 9.74. The van der Waals surface area contributed by atoms with Gasteiger partial charge < -0.3 is 0 Å². The molecule has 0 spiro atoms. The fraction of sp³-hybridized carbons (Fsp3) is 0. The van der Waals surface area contributed by atoms with Gasteiger partial charge in [0, 0.05) is 17.1 Å². The van der Waals surface area contributed by atoms with E-state index in [1.54, 1.807) is 28.9 Å². The topological polar surface area (TPSA) is 54.6 Å². The van der Waals surface area contributed by atoms with E-state index in [2.05, 4.69) is 38.1 Å². The number of hydrogen-bond acceptors (Lipinski definition) is 6. The molecule has 0 saturated carbocycles. The number of fused-ring (bicyclic) bond motifs is 2. The van der Waals surface area contributed by atoms with E-state index in [-0.39, 0.29) is 0 Å². The molecule has 3 aromatic heterocycles. The summed E-state index contributed by atoms with van der Waals surface area (Å²) in [6.45, 7) is 0. The Morgan fingerprint density at radius 3 is 2.73 bits per heavy atom. The largest absolute Gasteiger partial charge is 0.289 e. The molecule has 7 heteroatoms. The number of thiazole rings is 2. The van der Waals surface area contributed by atoms with Crippen LogP contribution < -0.4 is 5.43 Å². The van der Waals surface area contributed by atoms with E-state index in [4.69, 9.17) is 4.98 Å². The molecule has 2 aromatic carbocycles. The van der Waals surface area contributed by atoms with E-state index >= 15 is 0 Å². The van der Waals surface area contributed by atoms with Crippen molar-refractivity contribution in [2.45, 2.75) is 0 Å². The van der Waals surface area contributed by atoms with Crippen LogP contribution in [0.3, 0.4) is 0 Å². The van der Waals surface area contributed by atoms with Gasteiger partial charge in [0.15, 0.2) is 4.96 Å². The van der Waals surface area contributed by atoms with Gasteiger partial charge in [-0.05, 0) is 12.1 Å². The average Bonchev–Trinajstić information content (AvgIpc) is 3.37. The minimum absolute atomic E-state index is 0.773. The lowest BCUT2D eigenvalue weighted by Gasteiger charge is -1.99. The molecule has 0 saturated heterocycles. The third-order valence-corrected chi connectivity index (χ3v) is 5.68. The van der Waals surface area contributed by atoms with Crippen LogP contribution in [-0.4, -0.2) is 20.6 Å². The van der Waals surface area contributed by atoms with E-state index in [1.165, 1.54) is 0 Å². The molecule has 126 valence electrons. The molecule has 3 heterocycles. The number of hydrogen-bond donors (Lipinski definition) is 1. The minimum Gasteiger partial charge on any atom is -0.289 e. The SMILES string of the molecule is C(=N\Nc1nc2ccccc2s1)/c1c(-c2ccccc2)nc2sccn12. The van der Waals surface area contributed by atoms with Crippen LogP contribution in [0.1, 0.15) is 5.69 Å². The number of hydrazone groups is 1. The second-order valence-electron chi connectivity index (χ2n) is 5.62. The first-order chi connectivity index (χ1) is 12.9. The monoisotopic (exact) mass is 375 g/mol. The number of anilines is 1. The van der Waals surface area contributed by atoms with Crippen LogP contribution in [0, 0.1) is 0 Å². The maximum absolute atomic E-state index is 4.75. The van der Waals surface area contributed by atoms with E-state index in [0.717, 1.165) is 37.3 Å². The number of rotatable bonds is 4. The van der Waals surface area contributed by atoms with Crippen LogP contribution >= 0.6 is 22.7 Å². The molecule has 5 nitrogen and oxygen atoms in total. The zero-order valence-electron chi connectivity index (χ0n) is 13.5. The van der Waals surface area contributed by atoms with Crippen LogP contribution in [0.5, 0.6) is 0 Å². The van der Waals surface area contributed by atoms with Crippen LogP contribution in [0.2, 0.25) is 0 Å². The van der Waals surface area contributed by atoms with E-state index in [0.29, 0.717) is 0 Å². The van der Waals surface area contributed by atoms with E-state index in [1.807, 2.05) is 48.0 Å². The molecule has 0 radical (unpaired) electrons. The Morgan fingerprint density at radius 2 is 1.85 bits per heavy atom. The van der Waals surface area contributed by atoms with E-state index < -0.39 is 0 Å². The summed E-state index contributed by atoms with van der Waals surface area (Å²) in [5, 5.41) is 7.21. The number of aromatic nitrogens is 3. The molecule has 1 N–H and O–H groups in total. The molecule has 5 aromatic rings. The predicted octanol–water partition coefficient (Wildman–Crippen LogP) is 5.12. The number of benzene rings is 2. The molecule has 0 amide bonds. The Kier molecular flexibility index (Phi) is 3.73. The van der Waals surface area contributed by atoms with Gasteiger partial charge in [0.05, 0.1) is 27.8 Å². The van der Waals surface area contributed by atoms with Crippen LogP contribution in [0.25, 0.3) is 26.4 Å². The molecule has 0 aliphatic rings. The number of imidazole rings is 1. The lowest BCUT2D eigenvalue weighted by Crippen LogP contribution is -1.95. The van der Waals surface area contributed by atoms with Gasteiger partial charge in [0.25, 0.3) is 0 Å². The van der Waals surface area contributed by atoms with Crippen LogP contribution in [-0.2, 0) is 0 Å². The summed E-state index contributed by atoms with van der Waals surface area (Å²) < 4.78 is 3.19. The highest BCUT2D eigenvalue weighted by atomic mass is 32.1.